The topological polar surface area (TPSA) is 73.5 Å². The number of rotatable bonds is 5. The van der Waals surface area contributed by atoms with Gasteiger partial charge < -0.3 is 4.90 Å². The van der Waals surface area contributed by atoms with Crippen LogP contribution in [0.15, 0.2) is 55.7 Å². The van der Waals surface area contributed by atoms with Crippen molar-refractivity contribution in [1.29, 1.82) is 5.26 Å². The normalized spacial score (nSPS) is 11.5. The van der Waals surface area contributed by atoms with E-state index in [0.29, 0.717) is 10.2 Å². The summed E-state index contributed by atoms with van der Waals surface area (Å²) in [7, 11) is -1.91. The molecule has 0 aliphatic carbocycles. The molecule has 0 fully saturated rings. The Morgan fingerprint density at radius 3 is 2.60 bits per heavy atom. The standard InChI is InChI=1S/C18H18BrN3O2S/c1-4-22(3)12-21-16-10-15(19)18(9-13(16)2)25(23,24)17-8-6-5-7-14(17)11-20/h5-10,12H,4H2,1-3H3. The van der Waals surface area contributed by atoms with Crippen molar-refractivity contribution in [3.05, 3.63) is 52.0 Å². The summed E-state index contributed by atoms with van der Waals surface area (Å²) in [5, 5.41) is 9.19. The zero-order valence-corrected chi connectivity index (χ0v) is 16.6. The quantitative estimate of drug-likeness (QED) is 0.540. The molecule has 7 heteroatoms. The fourth-order valence-corrected chi connectivity index (χ4v) is 4.66. The lowest BCUT2D eigenvalue weighted by atomic mass is 10.2. The lowest BCUT2D eigenvalue weighted by Gasteiger charge is -2.12. The predicted octanol–water partition coefficient (Wildman–Crippen LogP) is 4.07. The molecule has 0 N–H and O–H groups in total. The summed E-state index contributed by atoms with van der Waals surface area (Å²) >= 11 is 3.34. The maximum Gasteiger partial charge on any atom is 0.209 e. The fraction of sp³-hybridized carbons (Fsp3) is 0.222. The monoisotopic (exact) mass is 419 g/mol. The minimum Gasteiger partial charge on any atom is -0.366 e. The molecule has 0 saturated carbocycles. The van der Waals surface area contributed by atoms with Gasteiger partial charge in [-0.05, 0) is 59.6 Å². The minimum absolute atomic E-state index is 0.000400. The van der Waals surface area contributed by atoms with Crippen molar-refractivity contribution >= 4 is 37.8 Å². The van der Waals surface area contributed by atoms with Crippen molar-refractivity contribution < 1.29 is 8.42 Å². The first-order valence-corrected chi connectivity index (χ1v) is 9.87. The molecule has 0 aromatic heterocycles. The molecule has 0 heterocycles. The van der Waals surface area contributed by atoms with Gasteiger partial charge in [-0.3, -0.25) is 0 Å². The second-order valence-corrected chi connectivity index (χ2v) is 8.24. The predicted molar refractivity (Wildman–Crippen MR) is 102 cm³/mol. The van der Waals surface area contributed by atoms with Gasteiger partial charge in [-0.15, -0.1) is 0 Å². The number of hydrogen-bond acceptors (Lipinski definition) is 4. The number of nitrogens with zero attached hydrogens (tertiary/aromatic N) is 3. The van der Waals surface area contributed by atoms with E-state index in [9.17, 15) is 13.7 Å². The van der Waals surface area contributed by atoms with E-state index in [1.165, 1.54) is 12.1 Å². The molecule has 2 rings (SSSR count). The Morgan fingerprint density at radius 2 is 1.96 bits per heavy atom. The largest absolute Gasteiger partial charge is 0.366 e. The molecule has 0 radical (unpaired) electrons. The highest BCUT2D eigenvalue weighted by atomic mass is 79.9. The van der Waals surface area contributed by atoms with E-state index in [2.05, 4.69) is 20.9 Å². The van der Waals surface area contributed by atoms with Gasteiger partial charge in [0.05, 0.1) is 27.4 Å². The van der Waals surface area contributed by atoms with Crippen LogP contribution in [0, 0.1) is 18.3 Å². The number of sulfone groups is 1. The summed E-state index contributed by atoms with van der Waals surface area (Å²) in [6.07, 6.45) is 1.70. The molecule has 25 heavy (non-hydrogen) atoms. The highest BCUT2D eigenvalue weighted by molar-refractivity contribution is 9.10. The van der Waals surface area contributed by atoms with Crippen molar-refractivity contribution in [1.82, 2.24) is 4.90 Å². The summed E-state index contributed by atoms with van der Waals surface area (Å²) in [4.78, 5) is 6.43. The molecule has 0 bridgehead atoms. The van der Waals surface area contributed by atoms with Gasteiger partial charge in [-0.1, -0.05) is 12.1 Å². The summed E-state index contributed by atoms with van der Waals surface area (Å²) in [6.45, 7) is 4.64. The van der Waals surface area contributed by atoms with Gasteiger partial charge in [0.25, 0.3) is 0 Å². The Balaban J connectivity index is 2.55. The molecule has 2 aromatic carbocycles. The summed E-state index contributed by atoms with van der Waals surface area (Å²) in [5.41, 5.74) is 1.54. The van der Waals surface area contributed by atoms with E-state index in [-0.39, 0.29) is 15.4 Å². The molecule has 0 atom stereocenters. The molecule has 5 nitrogen and oxygen atoms in total. The van der Waals surface area contributed by atoms with Crippen molar-refractivity contribution in [3.8, 4) is 6.07 Å². The Labute approximate surface area is 156 Å². The van der Waals surface area contributed by atoms with Crippen LogP contribution in [0.2, 0.25) is 0 Å². The Morgan fingerprint density at radius 1 is 1.28 bits per heavy atom. The van der Waals surface area contributed by atoms with Crippen LogP contribution in [-0.2, 0) is 9.84 Å². The van der Waals surface area contributed by atoms with Gasteiger partial charge in [0.2, 0.25) is 9.84 Å². The van der Waals surface area contributed by atoms with Crippen LogP contribution in [-0.4, -0.2) is 33.2 Å². The second kappa shape index (κ2) is 7.81. The molecule has 0 unspecified atom stereocenters. The molecule has 130 valence electrons. The SMILES string of the molecule is CCN(C)C=Nc1cc(Br)c(S(=O)(=O)c2ccccc2C#N)cc1C. The molecule has 0 saturated heterocycles. The highest BCUT2D eigenvalue weighted by Crippen LogP contribution is 2.34. The molecule has 0 aliphatic heterocycles. The first-order chi connectivity index (χ1) is 11.8. The Hall–Kier alpha value is -2.17. The first-order valence-electron chi connectivity index (χ1n) is 7.60. The van der Waals surface area contributed by atoms with Gasteiger partial charge in [0.15, 0.2) is 0 Å². The van der Waals surface area contributed by atoms with Crippen molar-refractivity contribution in [2.45, 2.75) is 23.6 Å². The maximum absolute atomic E-state index is 13.0. The second-order valence-electron chi connectivity index (χ2n) is 5.50. The van der Waals surface area contributed by atoms with Gasteiger partial charge in [0, 0.05) is 18.1 Å². The zero-order chi connectivity index (χ0) is 18.6. The first kappa shape index (κ1) is 19.2. The number of hydrogen-bond donors (Lipinski definition) is 0. The number of benzene rings is 2. The molecule has 2 aromatic rings. The van der Waals surface area contributed by atoms with E-state index < -0.39 is 9.84 Å². The number of nitriles is 1. The Kier molecular flexibility index (Phi) is 5.98. The van der Waals surface area contributed by atoms with Crippen LogP contribution in [0.4, 0.5) is 5.69 Å². The van der Waals surface area contributed by atoms with Crippen LogP contribution in [0.1, 0.15) is 18.1 Å². The van der Waals surface area contributed by atoms with Gasteiger partial charge in [0.1, 0.15) is 6.07 Å². The highest BCUT2D eigenvalue weighted by Gasteiger charge is 2.24. The number of aliphatic imine (C=N–C) groups is 1. The number of aryl methyl sites for hydroxylation is 1. The average molecular weight is 420 g/mol. The van der Waals surface area contributed by atoms with Gasteiger partial charge in [-0.25, -0.2) is 13.4 Å². The third-order valence-corrected chi connectivity index (χ3v) is 6.50. The molecule has 0 spiro atoms. The van der Waals surface area contributed by atoms with Crippen LogP contribution >= 0.6 is 15.9 Å². The van der Waals surface area contributed by atoms with E-state index in [4.69, 9.17) is 0 Å². The molecule has 0 amide bonds. The zero-order valence-electron chi connectivity index (χ0n) is 14.2. The fourth-order valence-electron chi connectivity index (χ4n) is 2.14. The van der Waals surface area contributed by atoms with E-state index in [0.717, 1.165) is 12.1 Å². The van der Waals surface area contributed by atoms with Crippen LogP contribution in [0.3, 0.4) is 0 Å². The Bertz CT molecular complexity index is 963. The van der Waals surface area contributed by atoms with Crippen molar-refractivity contribution in [2.24, 2.45) is 4.99 Å². The lowest BCUT2D eigenvalue weighted by molar-refractivity contribution is 0.552. The van der Waals surface area contributed by atoms with Gasteiger partial charge >= 0.3 is 0 Å². The minimum atomic E-state index is -3.82. The van der Waals surface area contributed by atoms with Gasteiger partial charge in [-0.2, -0.15) is 5.26 Å². The van der Waals surface area contributed by atoms with E-state index in [1.54, 1.807) is 37.5 Å². The van der Waals surface area contributed by atoms with Crippen LogP contribution in [0.5, 0.6) is 0 Å². The third kappa shape index (κ3) is 4.09. The third-order valence-electron chi connectivity index (χ3n) is 3.73. The van der Waals surface area contributed by atoms with Crippen molar-refractivity contribution in [3.63, 3.8) is 0 Å². The summed E-state index contributed by atoms with van der Waals surface area (Å²) < 4.78 is 26.4. The van der Waals surface area contributed by atoms with Crippen molar-refractivity contribution in [2.75, 3.05) is 13.6 Å². The number of halogens is 1. The molecular weight excluding hydrogens is 402 g/mol. The summed E-state index contributed by atoms with van der Waals surface area (Å²) in [6, 6.07) is 11.4. The lowest BCUT2D eigenvalue weighted by Crippen LogP contribution is -2.14. The smallest absolute Gasteiger partial charge is 0.209 e. The molecular formula is C18H18BrN3O2S. The molecule has 0 aliphatic rings. The van der Waals surface area contributed by atoms with Crippen LogP contribution in [0.25, 0.3) is 0 Å². The van der Waals surface area contributed by atoms with E-state index in [1.807, 2.05) is 24.9 Å². The van der Waals surface area contributed by atoms with Crippen LogP contribution < -0.4 is 0 Å². The maximum atomic E-state index is 13.0. The van der Waals surface area contributed by atoms with E-state index >= 15 is 0 Å². The average Bonchev–Trinajstić information content (AvgIpc) is 2.61. The summed E-state index contributed by atoms with van der Waals surface area (Å²) in [5.74, 6) is 0.